The Morgan fingerprint density at radius 2 is 2.33 bits per heavy atom. The molecule has 3 heteroatoms. The molecule has 1 heterocycles. The standard InChI is InChI=1S/C12H15NS2/c1-13-12(14-2)10-5-6-11-9(8-10)4-3-7-15-11/h5-6,8H,3-4,7H2,1-2H3. The molecule has 0 atom stereocenters. The van der Waals surface area contributed by atoms with E-state index in [9.17, 15) is 0 Å². The maximum atomic E-state index is 4.30. The van der Waals surface area contributed by atoms with Crippen molar-refractivity contribution < 1.29 is 0 Å². The van der Waals surface area contributed by atoms with Crippen molar-refractivity contribution in [2.24, 2.45) is 4.99 Å². The third-order valence-electron chi connectivity index (χ3n) is 2.55. The minimum absolute atomic E-state index is 1.13. The van der Waals surface area contributed by atoms with Gasteiger partial charge >= 0.3 is 0 Å². The fraction of sp³-hybridized carbons (Fsp3) is 0.417. The third-order valence-corrected chi connectivity index (χ3v) is 4.56. The van der Waals surface area contributed by atoms with Crippen molar-refractivity contribution in [3.8, 4) is 0 Å². The lowest BCUT2D eigenvalue weighted by Crippen LogP contribution is -2.02. The summed E-state index contributed by atoms with van der Waals surface area (Å²) in [5, 5.41) is 1.13. The normalized spacial score (nSPS) is 16.3. The first-order valence-corrected chi connectivity index (χ1v) is 7.33. The Morgan fingerprint density at radius 1 is 1.47 bits per heavy atom. The molecule has 0 aliphatic carbocycles. The lowest BCUT2D eigenvalue weighted by atomic mass is 10.1. The Labute approximate surface area is 99.8 Å². The van der Waals surface area contributed by atoms with Gasteiger partial charge in [-0.05, 0) is 42.5 Å². The molecule has 0 radical (unpaired) electrons. The molecule has 1 aliphatic rings. The zero-order valence-electron chi connectivity index (χ0n) is 9.12. The highest BCUT2D eigenvalue weighted by molar-refractivity contribution is 8.13. The van der Waals surface area contributed by atoms with Crippen LogP contribution in [0.25, 0.3) is 0 Å². The summed E-state index contributed by atoms with van der Waals surface area (Å²) < 4.78 is 0. The van der Waals surface area contributed by atoms with Crippen molar-refractivity contribution >= 4 is 28.6 Å². The topological polar surface area (TPSA) is 12.4 Å². The van der Waals surface area contributed by atoms with E-state index in [0.717, 1.165) is 5.04 Å². The number of hydrogen-bond acceptors (Lipinski definition) is 3. The Hall–Kier alpha value is -0.410. The predicted octanol–water partition coefficient (Wildman–Crippen LogP) is 3.46. The van der Waals surface area contributed by atoms with E-state index >= 15 is 0 Å². The second-order valence-corrected chi connectivity index (χ2v) is 5.44. The molecule has 0 fully saturated rings. The molecule has 1 aromatic carbocycles. The molecule has 0 saturated heterocycles. The van der Waals surface area contributed by atoms with Crippen LogP contribution in [0.4, 0.5) is 0 Å². The average Bonchev–Trinajstić information content (AvgIpc) is 2.30. The van der Waals surface area contributed by atoms with Gasteiger partial charge in [-0.3, -0.25) is 4.99 Å². The summed E-state index contributed by atoms with van der Waals surface area (Å²) >= 11 is 3.69. The third kappa shape index (κ3) is 2.40. The Morgan fingerprint density at radius 3 is 3.07 bits per heavy atom. The van der Waals surface area contributed by atoms with E-state index in [1.54, 1.807) is 11.8 Å². The Kier molecular flexibility index (Phi) is 3.76. The molecule has 0 N–H and O–H groups in total. The predicted molar refractivity (Wildman–Crippen MR) is 71.5 cm³/mol. The fourth-order valence-electron chi connectivity index (χ4n) is 1.83. The summed E-state index contributed by atoms with van der Waals surface area (Å²) in [6.07, 6.45) is 4.61. The largest absolute Gasteiger partial charge is 0.281 e. The van der Waals surface area contributed by atoms with Crippen LogP contribution in [0.5, 0.6) is 0 Å². The maximum Gasteiger partial charge on any atom is 0.0970 e. The van der Waals surface area contributed by atoms with Gasteiger partial charge in [0, 0.05) is 17.5 Å². The molecule has 2 rings (SSSR count). The maximum absolute atomic E-state index is 4.30. The van der Waals surface area contributed by atoms with Gasteiger partial charge in [-0.15, -0.1) is 23.5 Å². The Balaban J connectivity index is 2.35. The summed E-state index contributed by atoms with van der Waals surface area (Å²) in [7, 11) is 1.86. The molecule has 0 amide bonds. The number of nitrogens with zero attached hydrogens (tertiary/aromatic N) is 1. The lowest BCUT2D eigenvalue weighted by molar-refractivity contribution is 0.889. The van der Waals surface area contributed by atoms with E-state index in [4.69, 9.17) is 0 Å². The second-order valence-electron chi connectivity index (χ2n) is 3.51. The minimum Gasteiger partial charge on any atom is -0.281 e. The molecule has 0 bridgehead atoms. The number of aryl methyl sites for hydroxylation is 1. The van der Waals surface area contributed by atoms with Crippen molar-refractivity contribution in [2.45, 2.75) is 17.7 Å². The van der Waals surface area contributed by atoms with Gasteiger partial charge in [0.05, 0.1) is 5.04 Å². The molecule has 0 spiro atoms. The second kappa shape index (κ2) is 5.08. The Bertz CT molecular complexity index is 385. The first kappa shape index (κ1) is 11.1. The first-order valence-electron chi connectivity index (χ1n) is 5.12. The smallest absolute Gasteiger partial charge is 0.0970 e. The SMILES string of the molecule is CN=C(SC)c1ccc2c(c1)CCCS2. The van der Waals surface area contributed by atoms with E-state index in [-0.39, 0.29) is 0 Å². The van der Waals surface area contributed by atoms with E-state index < -0.39 is 0 Å². The molecule has 0 saturated carbocycles. The number of rotatable bonds is 1. The van der Waals surface area contributed by atoms with Gasteiger partial charge in [0.2, 0.25) is 0 Å². The molecule has 1 aromatic rings. The van der Waals surface area contributed by atoms with Gasteiger partial charge < -0.3 is 0 Å². The van der Waals surface area contributed by atoms with Crippen LogP contribution in [0.2, 0.25) is 0 Å². The minimum atomic E-state index is 1.13. The van der Waals surface area contributed by atoms with Crippen LogP contribution in [0.15, 0.2) is 28.1 Å². The molecule has 0 aromatic heterocycles. The van der Waals surface area contributed by atoms with Gasteiger partial charge in [0.25, 0.3) is 0 Å². The van der Waals surface area contributed by atoms with Crippen LogP contribution < -0.4 is 0 Å². The first-order chi connectivity index (χ1) is 7.35. The van der Waals surface area contributed by atoms with Crippen molar-refractivity contribution in [1.82, 2.24) is 0 Å². The number of thioether (sulfide) groups is 2. The summed E-state index contributed by atoms with van der Waals surface area (Å²) in [6.45, 7) is 0. The zero-order chi connectivity index (χ0) is 10.7. The molecular formula is C12H15NS2. The number of aliphatic imine (C=N–C) groups is 1. The van der Waals surface area contributed by atoms with Crippen LogP contribution in [-0.2, 0) is 6.42 Å². The summed E-state index contributed by atoms with van der Waals surface area (Å²) in [6, 6.07) is 6.74. The monoisotopic (exact) mass is 237 g/mol. The van der Waals surface area contributed by atoms with Crippen LogP contribution in [0.3, 0.4) is 0 Å². The van der Waals surface area contributed by atoms with Crippen LogP contribution >= 0.6 is 23.5 Å². The van der Waals surface area contributed by atoms with E-state index in [2.05, 4.69) is 29.4 Å². The van der Waals surface area contributed by atoms with Crippen LogP contribution in [0.1, 0.15) is 17.5 Å². The van der Waals surface area contributed by atoms with Crippen molar-refractivity contribution in [1.29, 1.82) is 0 Å². The highest BCUT2D eigenvalue weighted by Gasteiger charge is 2.11. The summed E-state index contributed by atoms with van der Waals surface area (Å²) in [5.74, 6) is 1.27. The van der Waals surface area contributed by atoms with Crippen LogP contribution in [0, 0.1) is 0 Å². The van der Waals surface area contributed by atoms with Gasteiger partial charge in [-0.25, -0.2) is 0 Å². The summed E-state index contributed by atoms with van der Waals surface area (Å²) in [4.78, 5) is 5.76. The highest BCUT2D eigenvalue weighted by atomic mass is 32.2. The quantitative estimate of drug-likeness (QED) is 0.548. The van der Waals surface area contributed by atoms with Crippen molar-refractivity contribution in [3.05, 3.63) is 29.3 Å². The van der Waals surface area contributed by atoms with Gasteiger partial charge in [-0.1, -0.05) is 6.07 Å². The average molecular weight is 237 g/mol. The van der Waals surface area contributed by atoms with E-state index in [1.807, 2.05) is 18.8 Å². The molecule has 1 nitrogen and oxygen atoms in total. The summed E-state index contributed by atoms with van der Waals surface area (Å²) in [5.41, 5.74) is 2.77. The van der Waals surface area contributed by atoms with Crippen molar-refractivity contribution in [3.63, 3.8) is 0 Å². The molecule has 80 valence electrons. The van der Waals surface area contributed by atoms with E-state index in [0.29, 0.717) is 0 Å². The molecular weight excluding hydrogens is 222 g/mol. The zero-order valence-corrected chi connectivity index (χ0v) is 10.8. The van der Waals surface area contributed by atoms with Gasteiger partial charge in [0.1, 0.15) is 0 Å². The number of benzene rings is 1. The van der Waals surface area contributed by atoms with Gasteiger partial charge in [-0.2, -0.15) is 0 Å². The molecule has 15 heavy (non-hydrogen) atoms. The lowest BCUT2D eigenvalue weighted by Gasteiger charge is -2.16. The van der Waals surface area contributed by atoms with Crippen molar-refractivity contribution in [2.75, 3.05) is 19.1 Å². The molecule has 0 unspecified atom stereocenters. The molecule has 1 aliphatic heterocycles. The fourth-order valence-corrected chi connectivity index (χ4v) is 3.40. The number of hydrogen-bond donors (Lipinski definition) is 0. The number of fused-ring (bicyclic) bond motifs is 1. The van der Waals surface area contributed by atoms with Gasteiger partial charge in [0.15, 0.2) is 0 Å². The van der Waals surface area contributed by atoms with E-state index in [1.165, 1.54) is 34.6 Å². The van der Waals surface area contributed by atoms with Crippen LogP contribution in [-0.4, -0.2) is 24.1 Å². The highest BCUT2D eigenvalue weighted by Crippen LogP contribution is 2.31.